The van der Waals surface area contributed by atoms with E-state index in [0.717, 1.165) is 31.5 Å². The van der Waals surface area contributed by atoms with Crippen LogP contribution in [0.25, 0.3) is 11.4 Å². The lowest BCUT2D eigenvalue weighted by Gasteiger charge is -2.19. The van der Waals surface area contributed by atoms with E-state index in [1.807, 2.05) is 17.0 Å². The Kier molecular flexibility index (Phi) is 4.78. The molecule has 6 nitrogen and oxygen atoms in total. The first-order chi connectivity index (χ1) is 10.8. The maximum atomic E-state index is 12.2. The fourth-order valence-corrected chi connectivity index (χ4v) is 2.66. The second-order valence-electron chi connectivity index (χ2n) is 5.55. The Morgan fingerprint density at radius 3 is 2.77 bits per heavy atom. The zero-order chi connectivity index (χ0) is 15.2. The minimum Gasteiger partial charge on any atom is -0.343 e. The summed E-state index contributed by atoms with van der Waals surface area (Å²) >= 11 is 0. The van der Waals surface area contributed by atoms with Crippen LogP contribution in [0, 0.1) is 0 Å². The predicted molar refractivity (Wildman–Crippen MR) is 80.9 cm³/mol. The molecule has 0 atom stereocenters. The van der Waals surface area contributed by atoms with E-state index in [0.29, 0.717) is 24.6 Å². The minimum atomic E-state index is 0.183. The molecule has 3 heterocycles. The monoisotopic (exact) mass is 300 g/mol. The zero-order valence-corrected chi connectivity index (χ0v) is 12.6. The number of carbonyl (C=O) groups excluding carboxylic acids is 1. The van der Waals surface area contributed by atoms with Gasteiger partial charge in [-0.25, -0.2) is 0 Å². The van der Waals surface area contributed by atoms with Crippen molar-refractivity contribution in [3.8, 4) is 11.4 Å². The summed E-state index contributed by atoms with van der Waals surface area (Å²) in [4.78, 5) is 22.6. The average Bonchev–Trinajstić information content (AvgIpc) is 2.87. The van der Waals surface area contributed by atoms with Crippen LogP contribution in [0.2, 0.25) is 0 Å². The van der Waals surface area contributed by atoms with Crippen molar-refractivity contribution in [1.29, 1.82) is 0 Å². The largest absolute Gasteiger partial charge is 0.343 e. The molecule has 0 radical (unpaired) electrons. The number of pyridine rings is 1. The maximum Gasteiger partial charge on any atom is 0.227 e. The number of aromatic nitrogens is 3. The van der Waals surface area contributed by atoms with Crippen LogP contribution in [0.15, 0.2) is 29.0 Å². The Hall–Kier alpha value is -2.24. The molecule has 0 spiro atoms. The number of hydrogen-bond acceptors (Lipinski definition) is 5. The van der Waals surface area contributed by atoms with E-state index >= 15 is 0 Å². The van der Waals surface area contributed by atoms with Gasteiger partial charge in [0.1, 0.15) is 0 Å². The molecule has 0 saturated carbocycles. The second kappa shape index (κ2) is 7.15. The first-order valence-corrected chi connectivity index (χ1v) is 7.84. The number of carbonyl (C=O) groups is 1. The average molecular weight is 300 g/mol. The topological polar surface area (TPSA) is 72.1 Å². The van der Waals surface area contributed by atoms with Gasteiger partial charge in [0.2, 0.25) is 17.6 Å². The Bertz CT molecular complexity index is 604. The summed E-state index contributed by atoms with van der Waals surface area (Å²) in [6, 6.07) is 3.71. The van der Waals surface area contributed by atoms with Crippen molar-refractivity contribution in [3.63, 3.8) is 0 Å². The summed E-state index contributed by atoms with van der Waals surface area (Å²) in [5, 5.41) is 3.94. The zero-order valence-electron chi connectivity index (χ0n) is 12.6. The van der Waals surface area contributed by atoms with Crippen LogP contribution in [-0.2, 0) is 11.2 Å². The highest BCUT2D eigenvalue weighted by molar-refractivity contribution is 5.76. The molecule has 3 rings (SSSR count). The third kappa shape index (κ3) is 3.69. The smallest absolute Gasteiger partial charge is 0.227 e. The molecule has 1 aliphatic heterocycles. The van der Waals surface area contributed by atoms with E-state index < -0.39 is 0 Å². The van der Waals surface area contributed by atoms with Crippen LogP contribution in [-0.4, -0.2) is 39.0 Å². The first kappa shape index (κ1) is 14.7. The molecule has 0 bridgehead atoms. The Morgan fingerprint density at radius 2 is 2.05 bits per heavy atom. The first-order valence-electron chi connectivity index (χ1n) is 7.84. The van der Waals surface area contributed by atoms with Gasteiger partial charge in [0, 0.05) is 43.9 Å². The molecule has 1 aliphatic rings. The standard InChI is InChI=1S/C16H20N4O2/c21-15(20-10-3-1-2-4-11-20)8-7-14-18-16(19-22-14)13-6-5-9-17-12-13/h5-6,9,12H,1-4,7-8,10-11H2. The molecule has 0 aliphatic carbocycles. The quantitative estimate of drug-likeness (QED) is 0.867. The van der Waals surface area contributed by atoms with Gasteiger partial charge in [-0.2, -0.15) is 4.98 Å². The maximum absolute atomic E-state index is 12.2. The van der Waals surface area contributed by atoms with Crippen LogP contribution >= 0.6 is 0 Å². The van der Waals surface area contributed by atoms with Crippen molar-refractivity contribution in [2.75, 3.05) is 13.1 Å². The van der Waals surface area contributed by atoms with Gasteiger partial charge >= 0.3 is 0 Å². The number of hydrogen-bond donors (Lipinski definition) is 0. The Labute approximate surface area is 129 Å². The van der Waals surface area contributed by atoms with Crippen molar-refractivity contribution in [3.05, 3.63) is 30.4 Å². The van der Waals surface area contributed by atoms with Gasteiger partial charge in [-0.3, -0.25) is 9.78 Å². The number of likely N-dealkylation sites (tertiary alicyclic amines) is 1. The molecule has 2 aromatic rings. The highest BCUT2D eigenvalue weighted by Crippen LogP contribution is 2.15. The molecule has 1 fully saturated rings. The van der Waals surface area contributed by atoms with Crippen molar-refractivity contribution >= 4 is 5.91 Å². The highest BCUT2D eigenvalue weighted by atomic mass is 16.5. The van der Waals surface area contributed by atoms with Gasteiger partial charge in [-0.1, -0.05) is 18.0 Å². The Balaban J connectivity index is 1.55. The van der Waals surface area contributed by atoms with Gasteiger partial charge in [-0.15, -0.1) is 0 Å². The van der Waals surface area contributed by atoms with Gasteiger partial charge in [-0.05, 0) is 25.0 Å². The van der Waals surface area contributed by atoms with Crippen LogP contribution in [0.3, 0.4) is 0 Å². The van der Waals surface area contributed by atoms with Gasteiger partial charge in [0.05, 0.1) is 0 Å². The summed E-state index contributed by atoms with van der Waals surface area (Å²) in [6.45, 7) is 1.76. The molecule has 0 N–H and O–H groups in total. The van der Waals surface area contributed by atoms with E-state index in [-0.39, 0.29) is 5.91 Å². The molecule has 116 valence electrons. The summed E-state index contributed by atoms with van der Waals surface area (Å²) in [6.07, 6.45) is 8.97. The number of rotatable bonds is 4. The third-order valence-electron chi connectivity index (χ3n) is 3.90. The van der Waals surface area contributed by atoms with E-state index in [4.69, 9.17) is 4.52 Å². The summed E-state index contributed by atoms with van der Waals surface area (Å²) in [7, 11) is 0. The van der Waals surface area contributed by atoms with Crippen LogP contribution in [0.4, 0.5) is 0 Å². The predicted octanol–water partition coefficient (Wildman–Crippen LogP) is 2.47. The van der Waals surface area contributed by atoms with E-state index in [1.165, 1.54) is 12.8 Å². The summed E-state index contributed by atoms with van der Waals surface area (Å²) in [5.74, 6) is 1.20. The van der Waals surface area contributed by atoms with E-state index in [9.17, 15) is 4.79 Å². The van der Waals surface area contributed by atoms with Gasteiger partial charge in [0.25, 0.3) is 0 Å². The third-order valence-corrected chi connectivity index (χ3v) is 3.90. The molecule has 2 aromatic heterocycles. The van der Waals surface area contributed by atoms with E-state index in [2.05, 4.69) is 15.1 Å². The highest BCUT2D eigenvalue weighted by Gasteiger charge is 2.17. The van der Waals surface area contributed by atoms with Crippen molar-refractivity contribution in [2.24, 2.45) is 0 Å². The second-order valence-corrected chi connectivity index (χ2v) is 5.55. The minimum absolute atomic E-state index is 0.183. The van der Waals surface area contributed by atoms with Crippen molar-refractivity contribution < 1.29 is 9.32 Å². The molecule has 1 amide bonds. The summed E-state index contributed by atoms with van der Waals surface area (Å²) in [5.41, 5.74) is 0.816. The summed E-state index contributed by atoms with van der Waals surface area (Å²) < 4.78 is 5.22. The molecule has 0 aromatic carbocycles. The molecule has 0 unspecified atom stereocenters. The van der Waals surface area contributed by atoms with Crippen LogP contribution in [0.1, 0.15) is 38.0 Å². The molecular weight excluding hydrogens is 280 g/mol. The van der Waals surface area contributed by atoms with Crippen LogP contribution in [0.5, 0.6) is 0 Å². The normalized spacial score (nSPS) is 15.5. The fraction of sp³-hybridized carbons (Fsp3) is 0.500. The lowest BCUT2D eigenvalue weighted by Crippen LogP contribution is -2.31. The molecule has 22 heavy (non-hydrogen) atoms. The number of amides is 1. The fourth-order valence-electron chi connectivity index (χ4n) is 2.66. The molecule has 6 heteroatoms. The van der Waals surface area contributed by atoms with Crippen molar-refractivity contribution in [2.45, 2.75) is 38.5 Å². The molecular formula is C16H20N4O2. The lowest BCUT2D eigenvalue weighted by molar-refractivity contribution is -0.131. The van der Waals surface area contributed by atoms with E-state index in [1.54, 1.807) is 12.4 Å². The number of nitrogens with zero attached hydrogens (tertiary/aromatic N) is 4. The molecule has 1 saturated heterocycles. The van der Waals surface area contributed by atoms with Crippen LogP contribution < -0.4 is 0 Å². The Morgan fingerprint density at radius 1 is 1.23 bits per heavy atom. The van der Waals surface area contributed by atoms with Gasteiger partial charge in [0.15, 0.2) is 0 Å². The lowest BCUT2D eigenvalue weighted by atomic mass is 10.2. The SMILES string of the molecule is O=C(CCc1nc(-c2cccnc2)no1)N1CCCCCC1. The number of aryl methyl sites for hydroxylation is 1. The van der Waals surface area contributed by atoms with Crippen molar-refractivity contribution in [1.82, 2.24) is 20.0 Å². The van der Waals surface area contributed by atoms with Gasteiger partial charge < -0.3 is 9.42 Å².